The van der Waals surface area contributed by atoms with E-state index >= 15 is 0 Å². The number of halogens is 1. The number of likely N-dealkylation sites (tertiary alicyclic amines) is 1. The van der Waals surface area contributed by atoms with Crippen LogP contribution < -0.4 is 4.74 Å². The molecule has 1 aromatic heterocycles. The molecule has 2 heterocycles. The van der Waals surface area contributed by atoms with Crippen LogP contribution in [0.4, 0.5) is 0 Å². The number of hydrogen-bond donors (Lipinski definition) is 1. The fraction of sp³-hybridized carbons (Fsp3) is 0.500. The van der Waals surface area contributed by atoms with Crippen molar-refractivity contribution in [2.45, 2.75) is 18.9 Å². The Morgan fingerprint density at radius 2 is 2.22 bits per heavy atom. The monoisotopic (exact) mass is 314 g/mol. The summed E-state index contributed by atoms with van der Waals surface area (Å²) in [6.07, 6.45) is 3.40. The van der Waals surface area contributed by atoms with Gasteiger partial charge in [-0.05, 0) is 41.9 Å². The van der Waals surface area contributed by atoms with Gasteiger partial charge in [-0.1, -0.05) is 0 Å². The van der Waals surface area contributed by atoms with E-state index in [2.05, 4.69) is 32.9 Å². The summed E-state index contributed by atoms with van der Waals surface area (Å²) in [6, 6.07) is 1.51. The normalized spacial score (nSPS) is 17.7. The van der Waals surface area contributed by atoms with Gasteiger partial charge in [-0.25, -0.2) is 9.78 Å². The van der Waals surface area contributed by atoms with E-state index in [1.165, 1.54) is 12.3 Å². The molecule has 0 unspecified atom stereocenters. The van der Waals surface area contributed by atoms with Crippen molar-refractivity contribution in [1.29, 1.82) is 0 Å². The molecule has 0 aromatic carbocycles. The van der Waals surface area contributed by atoms with Gasteiger partial charge < -0.3 is 14.7 Å². The Bertz CT molecular complexity index is 445. The molecule has 0 atom stereocenters. The predicted molar refractivity (Wildman–Crippen MR) is 70.0 cm³/mol. The Kier molecular flexibility index (Phi) is 4.19. The molecule has 1 saturated heterocycles. The minimum absolute atomic E-state index is 0.151. The van der Waals surface area contributed by atoms with Crippen LogP contribution in [0.25, 0.3) is 0 Å². The van der Waals surface area contributed by atoms with Gasteiger partial charge in [0.25, 0.3) is 0 Å². The lowest BCUT2D eigenvalue weighted by Gasteiger charge is -2.29. The van der Waals surface area contributed by atoms with E-state index in [0.29, 0.717) is 10.4 Å². The van der Waals surface area contributed by atoms with E-state index in [0.717, 1.165) is 25.9 Å². The third-order valence-electron chi connectivity index (χ3n) is 3.00. The third-order valence-corrected chi connectivity index (χ3v) is 3.57. The Morgan fingerprint density at radius 1 is 1.56 bits per heavy atom. The summed E-state index contributed by atoms with van der Waals surface area (Å²) in [5, 5.41) is 8.84. The zero-order chi connectivity index (χ0) is 13.1. The van der Waals surface area contributed by atoms with Gasteiger partial charge in [-0.3, -0.25) is 0 Å². The second kappa shape index (κ2) is 5.67. The number of rotatable bonds is 3. The lowest BCUT2D eigenvalue weighted by Crippen LogP contribution is -2.35. The Morgan fingerprint density at radius 3 is 2.78 bits per heavy atom. The van der Waals surface area contributed by atoms with Crippen molar-refractivity contribution in [3.8, 4) is 5.88 Å². The largest absolute Gasteiger partial charge is 0.478 e. The van der Waals surface area contributed by atoms with E-state index in [1.807, 2.05) is 0 Å². The van der Waals surface area contributed by atoms with Crippen LogP contribution in [0, 0.1) is 0 Å². The van der Waals surface area contributed by atoms with Gasteiger partial charge in [0.15, 0.2) is 0 Å². The van der Waals surface area contributed by atoms with Crippen molar-refractivity contribution in [1.82, 2.24) is 9.88 Å². The summed E-state index contributed by atoms with van der Waals surface area (Å²) in [4.78, 5) is 17.1. The van der Waals surface area contributed by atoms with Crippen LogP contribution in [0.15, 0.2) is 16.7 Å². The van der Waals surface area contributed by atoms with Crippen LogP contribution in [0.3, 0.4) is 0 Å². The summed E-state index contributed by atoms with van der Waals surface area (Å²) in [5.41, 5.74) is 0.151. The van der Waals surface area contributed by atoms with Gasteiger partial charge in [-0.2, -0.15) is 0 Å². The number of pyridine rings is 1. The number of carboxylic acid groups (broad SMARTS) is 1. The van der Waals surface area contributed by atoms with Crippen LogP contribution >= 0.6 is 15.9 Å². The number of piperidine rings is 1. The van der Waals surface area contributed by atoms with Crippen molar-refractivity contribution in [3.63, 3.8) is 0 Å². The SMILES string of the molecule is CN1CCC(Oc2ncc(C(=O)O)cc2Br)CC1. The molecule has 98 valence electrons. The van der Waals surface area contributed by atoms with Gasteiger partial charge in [0.1, 0.15) is 6.10 Å². The summed E-state index contributed by atoms with van der Waals surface area (Å²) >= 11 is 3.29. The van der Waals surface area contributed by atoms with Crippen LogP contribution in [0.1, 0.15) is 23.2 Å². The van der Waals surface area contributed by atoms with E-state index in [1.54, 1.807) is 0 Å². The summed E-state index contributed by atoms with van der Waals surface area (Å²) < 4.78 is 6.38. The topological polar surface area (TPSA) is 62.7 Å². The lowest BCUT2D eigenvalue weighted by atomic mass is 10.1. The molecule has 1 aliphatic heterocycles. The fourth-order valence-electron chi connectivity index (χ4n) is 1.89. The number of hydrogen-bond acceptors (Lipinski definition) is 4. The highest BCUT2D eigenvalue weighted by molar-refractivity contribution is 9.10. The van der Waals surface area contributed by atoms with Crippen LogP contribution in [0.2, 0.25) is 0 Å². The molecule has 1 aliphatic rings. The minimum atomic E-state index is -0.992. The van der Waals surface area contributed by atoms with Crippen LogP contribution in [-0.4, -0.2) is 47.2 Å². The highest BCUT2D eigenvalue weighted by Crippen LogP contribution is 2.26. The van der Waals surface area contributed by atoms with Gasteiger partial charge in [0, 0.05) is 19.3 Å². The molecule has 2 rings (SSSR count). The molecular weight excluding hydrogens is 300 g/mol. The molecule has 18 heavy (non-hydrogen) atoms. The van der Waals surface area contributed by atoms with Crippen molar-refractivity contribution >= 4 is 21.9 Å². The Labute approximate surface area is 114 Å². The third kappa shape index (κ3) is 3.20. The summed E-state index contributed by atoms with van der Waals surface area (Å²) in [6.45, 7) is 2.02. The number of carbonyl (C=O) groups is 1. The molecule has 1 fully saturated rings. The standard InChI is InChI=1S/C12H15BrN2O3/c1-15-4-2-9(3-5-15)18-11-10(13)6-8(7-14-11)12(16)17/h6-7,9H,2-5H2,1H3,(H,16,17). The quantitative estimate of drug-likeness (QED) is 0.924. The van der Waals surface area contributed by atoms with Gasteiger partial charge in [0.05, 0.1) is 10.0 Å². The van der Waals surface area contributed by atoms with Crippen LogP contribution in [0.5, 0.6) is 5.88 Å². The van der Waals surface area contributed by atoms with Gasteiger partial charge in [-0.15, -0.1) is 0 Å². The van der Waals surface area contributed by atoms with E-state index in [9.17, 15) is 4.79 Å². The lowest BCUT2D eigenvalue weighted by molar-refractivity contribution is 0.0696. The highest BCUT2D eigenvalue weighted by atomic mass is 79.9. The molecule has 0 amide bonds. The molecule has 1 aromatic rings. The summed E-state index contributed by atoms with van der Waals surface area (Å²) in [5.74, 6) is -0.524. The highest BCUT2D eigenvalue weighted by Gasteiger charge is 2.20. The Balaban J connectivity index is 2.03. The molecule has 0 bridgehead atoms. The Hall–Kier alpha value is -1.14. The maximum Gasteiger partial charge on any atom is 0.337 e. The molecular formula is C12H15BrN2O3. The molecule has 0 aliphatic carbocycles. The van der Waals surface area contributed by atoms with Crippen molar-refractivity contribution in [3.05, 3.63) is 22.3 Å². The van der Waals surface area contributed by atoms with Crippen molar-refractivity contribution in [2.75, 3.05) is 20.1 Å². The smallest absolute Gasteiger partial charge is 0.337 e. The zero-order valence-electron chi connectivity index (χ0n) is 10.1. The average molecular weight is 315 g/mol. The number of aromatic carboxylic acids is 1. The first-order valence-corrected chi connectivity index (χ1v) is 6.59. The molecule has 6 heteroatoms. The molecule has 1 N–H and O–H groups in total. The average Bonchev–Trinajstić information content (AvgIpc) is 2.34. The predicted octanol–water partition coefficient (Wildman–Crippen LogP) is 2.02. The fourth-order valence-corrected chi connectivity index (χ4v) is 2.33. The van der Waals surface area contributed by atoms with Crippen molar-refractivity contribution < 1.29 is 14.6 Å². The first-order chi connectivity index (χ1) is 8.56. The first-order valence-electron chi connectivity index (χ1n) is 5.80. The second-order valence-corrected chi connectivity index (χ2v) is 5.29. The maximum atomic E-state index is 10.8. The minimum Gasteiger partial charge on any atom is -0.478 e. The maximum absolute atomic E-state index is 10.8. The number of carboxylic acids is 1. The second-order valence-electron chi connectivity index (χ2n) is 4.44. The molecule has 5 nitrogen and oxygen atoms in total. The summed E-state index contributed by atoms with van der Waals surface area (Å²) in [7, 11) is 2.09. The molecule has 0 spiro atoms. The van der Waals surface area contributed by atoms with E-state index < -0.39 is 5.97 Å². The molecule has 0 saturated carbocycles. The molecule has 0 radical (unpaired) electrons. The van der Waals surface area contributed by atoms with Gasteiger partial charge >= 0.3 is 5.97 Å². The first kappa shape index (κ1) is 13.3. The zero-order valence-corrected chi connectivity index (χ0v) is 11.7. The number of nitrogens with zero attached hydrogens (tertiary/aromatic N) is 2. The van der Waals surface area contributed by atoms with Gasteiger partial charge in [0.2, 0.25) is 5.88 Å². The number of ether oxygens (including phenoxy) is 1. The van der Waals surface area contributed by atoms with E-state index in [4.69, 9.17) is 9.84 Å². The van der Waals surface area contributed by atoms with E-state index in [-0.39, 0.29) is 11.7 Å². The van der Waals surface area contributed by atoms with Crippen molar-refractivity contribution in [2.24, 2.45) is 0 Å². The van der Waals surface area contributed by atoms with Crippen LogP contribution in [-0.2, 0) is 0 Å². The number of aromatic nitrogens is 1.